The molecule has 0 aliphatic carbocycles. The number of carbonyl (C=O) groups excluding carboxylic acids is 2. The lowest BCUT2D eigenvalue weighted by Gasteiger charge is -2.37. The van der Waals surface area contributed by atoms with Crippen LogP contribution in [-0.2, 0) is 4.79 Å². The summed E-state index contributed by atoms with van der Waals surface area (Å²) in [7, 11) is 0. The van der Waals surface area contributed by atoms with Crippen molar-refractivity contribution in [1.82, 2.24) is 5.32 Å². The van der Waals surface area contributed by atoms with Crippen molar-refractivity contribution >= 4 is 23.2 Å². The molecule has 0 saturated carbocycles. The zero-order chi connectivity index (χ0) is 14.0. The zero-order valence-corrected chi connectivity index (χ0v) is 10.8. The molecular weight excluding hydrogens is 244 g/mol. The monoisotopic (exact) mass is 262 g/mol. The summed E-state index contributed by atoms with van der Waals surface area (Å²) < 4.78 is 0. The first kappa shape index (κ1) is 13.2. The van der Waals surface area contributed by atoms with E-state index < -0.39 is 5.91 Å². The van der Waals surface area contributed by atoms with Crippen LogP contribution >= 0.6 is 0 Å². The van der Waals surface area contributed by atoms with Gasteiger partial charge in [0.25, 0.3) is 0 Å². The smallest absolute Gasteiger partial charge is 0.248 e. The number of benzene rings is 1. The van der Waals surface area contributed by atoms with E-state index >= 15 is 0 Å². The number of anilines is 2. The molecule has 0 bridgehead atoms. The van der Waals surface area contributed by atoms with Gasteiger partial charge in [-0.25, -0.2) is 0 Å². The summed E-state index contributed by atoms with van der Waals surface area (Å²) in [6.07, 6.45) is 0.697. The minimum Gasteiger partial charge on any atom is -0.397 e. The number of amides is 2. The lowest BCUT2D eigenvalue weighted by atomic mass is 10.1. The largest absolute Gasteiger partial charge is 0.397 e. The summed E-state index contributed by atoms with van der Waals surface area (Å²) in [4.78, 5) is 24.9. The average Bonchev–Trinajstić information content (AvgIpc) is 2.38. The van der Waals surface area contributed by atoms with Gasteiger partial charge in [-0.15, -0.1) is 0 Å². The molecule has 0 radical (unpaired) electrons. The molecule has 6 heteroatoms. The van der Waals surface area contributed by atoms with Crippen molar-refractivity contribution in [2.45, 2.75) is 19.4 Å². The Bertz CT molecular complexity index is 515. The van der Waals surface area contributed by atoms with Gasteiger partial charge >= 0.3 is 0 Å². The highest BCUT2D eigenvalue weighted by atomic mass is 16.2. The van der Waals surface area contributed by atoms with Crippen molar-refractivity contribution in [2.75, 3.05) is 23.7 Å². The van der Waals surface area contributed by atoms with Crippen LogP contribution in [0, 0.1) is 0 Å². The van der Waals surface area contributed by atoms with E-state index in [4.69, 9.17) is 11.5 Å². The van der Waals surface area contributed by atoms with Gasteiger partial charge in [-0.3, -0.25) is 9.59 Å². The maximum atomic E-state index is 11.8. The van der Waals surface area contributed by atoms with E-state index in [2.05, 4.69) is 5.32 Å². The van der Waals surface area contributed by atoms with Crippen LogP contribution < -0.4 is 21.7 Å². The lowest BCUT2D eigenvalue weighted by Crippen LogP contribution is -2.55. The van der Waals surface area contributed by atoms with Crippen LogP contribution in [-0.4, -0.2) is 30.9 Å². The fraction of sp³-hybridized carbons (Fsp3) is 0.385. The molecule has 1 saturated heterocycles. The number of rotatable bonds is 3. The summed E-state index contributed by atoms with van der Waals surface area (Å²) in [6.45, 7) is 3.24. The molecule has 1 aromatic carbocycles. The number of nitrogens with two attached hydrogens (primary N) is 2. The van der Waals surface area contributed by atoms with E-state index in [1.54, 1.807) is 18.2 Å². The molecule has 1 aliphatic rings. The van der Waals surface area contributed by atoms with E-state index in [9.17, 15) is 9.59 Å². The van der Waals surface area contributed by atoms with Crippen LogP contribution in [0.15, 0.2) is 18.2 Å². The van der Waals surface area contributed by atoms with Crippen LogP contribution in [0.4, 0.5) is 11.4 Å². The fourth-order valence-corrected chi connectivity index (χ4v) is 2.38. The van der Waals surface area contributed by atoms with E-state index in [-0.39, 0.29) is 11.9 Å². The molecule has 1 atom stereocenters. The third kappa shape index (κ3) is 2.47. The molecule has 5 N–H and O–H groups in total. The molecule has 19 heavy (non-hydrogen) atoms. The standard InChI is InChI=1S/C13H18N4O2/c1-2-10-13(19)16-5-6-17(10)11-4-3-8(12(15)18)7-9(11)14/h3-4,7,10H,2,5-6,14H2,1H3,(H2,15,18)(H,16,19). The van der Waals surface area contributed by atoms with Crippen LogP contribution in [0.5, 0.6) is 0 Å². The molecule has 102 valence electrons. The van der Waals surface area contributed by atoms with E-state index in [0.29, 0.717) is 30.8 Å². The van der Waals surface area contributed by atoms with Crippen LogP contribution in [0.2, 0.25) is 0 Å². The number of piperazine rings is 1. The summed E-state index contributed by atoms with van der Waals surface area (Å²) in [5.41, 5.74) is 12.8. The van der Waals surface area contributed by atoms with Gasteiger partial charge in [0.05, 0.1) is 11.4 Å². The summed E-state index contributed by atoms with van der Waals surface area (Å²) >= 11 is 0. The highest BCUT2D eigenvalue weighted by molar-refractivity contribution is 5.95. The van der Waals surface area contributed by atoms with Gasteiger partial charge in [-0.2, -0.15) is 0 Å². The van der Waals surface area contributed by atoms with Crippen LogP contribution in [0.1, 0.15) is 23.7 Å². The Labute approximate surface area is 111 Å². The number of hydrogen-bond donors (Lipinski definition) is 3. The fourth-order valence-electron chi connectivity index (χ4n) is 2.38. The molecule has 2 rings (SSSR count). The highest BCUT2D eigenvalue weighted by Gasteiger charge is 2.29. The lowest BCUT2D eigenvalue weighted by molar-refractivity contribution is -0.123. The number of hydrogen-bond acceptors (Lipinski definition) is 4. The first-order valence-corrected chi connectivity index (χ1v) is 6.28. The van der Waals surface area contributed by atoms with E-state index in [1.807, 2.05) is 11.8 Å². The van der Waals surface area contributed by atoms with E-state index in [1.165, 1.54) is 0 Å². The SMILES string of the molecule is CCC1C(=O)NCCN1c1ccc(C(N)=O)cc1N. The molecule has 1 aliphatic heterocycles. The first-order chi connectivity index (χ1) is 9.04. The first-order valence-electron chi connectivity index (χ1n) is 6.28. The topological polar surface area (TPSA) is 101 Å². The van der Waals surface area contributed by atoms with Gasteiger partial charge in [0.15, 0.2) is 0 Å². The Morgan fingerprint density at radius 2 is 2.26 bits per heavy atom. The highest BCUT2D eigenvalue weighted by Crippen LogP contribution is 2.27. The van der Waals surface area contributed by atoms with Gasteiger partial charge < -0.3 is 21.7 Å². The Kier molecular flexibility index (Phi) is 3.59. The molecule has 0 aromatic heterocycles. The van der Waals surface area contributed by atoms with Gasteiger partial charge in [-0.1, -0.05) is 6.92 Å². The van der Waals surface area contributed by atoms with Crippen molar-refractivity contribution in [2.24, 2.45) is 5.73 Å². The second-order valence-corrected chi connectivity index (χ2v) is 4.55. The second-order valence-electron chi connectivity index (χ2n) is 4.55. The Morgan fingerprint density at radius 3 is 2.84 bits per heavy atom. The Hall–Kier alpha value is -2.24. The van der Waals surface area contributed by atoms with Gasteiger partial charge in [0, 0.05) is 18.7 Å². The number of carbonyl (C=O) groups is 2. The Morgan fingerprint density at radius 1 is 1.53 bits per heavy atom. The molecule has 0 spiro atoms. The number of nitrogens with zero attached hydrogens (tertiary/aromatic N) is 1. The molecule has 2 amide bonds. The predicted molar refractivity (Wildman–Crippen MR) is 73.8 cm³/mol. The maximum absolute atomic E-state index is 11.8. The van der Waals surface area contributed by atoms with Crippen LogP contribution in [0.25, 0.3) is 0 Å². The molecule has 1 aromatic rings. The molecule has 1 fully saturated rings. The van der Waals surface area contributed by atoms with Crippen molar-refractivity contribution in [3.8, 4) is 0 Å². The molecule has 1 heterocycles. The van der Waals surface area contributed by atoms with Gasteiger partial charge in [0.2, 0.25) is 11.8 Å². The number of nitrogen functional groups attached to an aromatic ring is 1. The minimum atomic E-state index is -0.512. The second kappa shape index (κ2) is 5.17. The molecule has 1 unspecified atom stereocenters. The molecule has 6 nitrogen and oxygen atoms in total. The summed E-state index contributed by atoms with van der Waals surface area (Å²) in [6, 6.07) is 4.70. The van der Waals surface area contributed by atoms with E-state index in [0.717, 1.165) is 5.69 Å². The summed E-state index contributed by atoms with van der Waals surface area (Å²) in [5, 5.41) is 2.84. The average molecular weight is 262 g/mol. The predicted octanol–water partition coefficient (Wildman–Crippen LogP) is 0.0825. The number of nitrogens with one attached hydrogen (secondary N) is 1. The third-order valence-corrected chi connectivity index (χ3v) is 3.34. The quantitative estimate of drug-likeness (QED) is 0.671. The third-order valence-electron chi connectivity index (χ3n) is 3.34. The minimum absolute atomic E-state index is 0.00660. The van der Waals surface area contributed by atoms with Crippen LogP contribution in [0.3, 0.4) is 0 Å². The van der Waals surface area contributed by atoms with Gasteiger partial charge in [-0.05, 0) is 24.6 Å². The molecular formula is C13H18N4O2. The van der Waals surface area contributed by atoms with Crippen molar-refractivity contribution < 1.29 is 9.59 Å². The Balaban J connectivity index is 2.35. The van der Waals surface area contributed by atoms with Crippen molar-refractivity contribution in [1.29, 1.82) is 0 Å². The van der Waals surface area contributed by atoms with Gasteiger partial charge in [0.1, 0.15) is 6.04 Å². The zero-order valence-electron chi connectivity index (χ0n) is 10.8. The normalized spacial score (nSPS) is 19.1. The van der Waals surface area contributed by atoms with Crippen molar-refractivity contribution in [3.05, 3.63) is 23.8 Å². The van der Waals surface area contributed by atoms with Crippen molar-refractivity contribution in [3.63, 3.8) is 0 Å². The maximum Gasteiger partial charge on any atom is 0.248 e. The number of primary amides is 1. The summed E-state index contributed by atoms with van der Waals surface area (Å²) in [5.74, 6) is -0.506.